The number of rotatable bonds is 5. The van der Waals surface area contributed by atoms with Gasteiger partial charge in [-0.2, -0.15) is 0 Å². The van der Waals surface area contributed by atoms with Crippen molar-refractivity contribution in [1.29, 1.82) is 0 Å². The van der Waals surface area contributed by atoms with Crippen molar-refractivity contribution in [1.82, 2.24) is 5.32 Å². The van der Waals surface area contributed by atoms with Gasteiger partial charge in [-0.1, -0.05) is 18.2 Å². The lowest BCUT2D eigenvalue weighted by Crippen LogP contribution is -2.35. The maximum absolute atomic E-state index is 12.3. The van der Waals surface area contributed by atoms with Crippen LogP contribution in [-0.2, 0) is 9.53 Å². The van der Waals surface area contributed by atoms with E-state index in [1.165, 1.54) is 7.11 Å². The van der Waals surface area contributed by atoms with Gasteiger partial charge in [0.15, 0.2) is 6.61 Å². The molecule has 0 saturated carbocycles. The predicted molar refractivity (Wildman–Crippen MR) is 98.4 cm³/mol. The van der Waals surface area contributed by atoms with Gasteiger partial charge in [-0.25, -0.2) is 4.79 Å². The Morgan fingerprint density at radius 2 is 2.08 bits per heavy atom. The Bertz CT molecular complexity index is 823. The van der Waals surface area contributed by atoms with Crippen LogP contribution in [0.15, 0.2) is 46.9 Å². The van der Waals surface area contributed by atoms with Crippen molar-refractivity contribution >= 4 is 27.8 Å². The van der Waals surface area contributed by atoms with Crippen molar-refractivity contribution in [3.63, 3.8) is 0 Å². The summed E-state index contributed by atoms with van der Waals surface area (Å²) in [6.45, 7) is 0.430. The molecule has 0 aliphatic carbocycles. The minimum atomic E-state index is -0.437. The van der Waals surface area contributed by atoms with Crippen molar-refractivity contribution in [3.05, 3.63) is 58.1 Å². The number of carbonyl (C=O) groups is 2. The molecule has 0 fully saturated rings. The van der Waals surface area contributed by atoms with Crippen LogP contribution in [0.5, 0.6) is 11.5 Å². The molecule has 6 nitrogen and oxygen atoms in total. The van der Waals surface area contributed by atoms with E-state index in [0.29, 0.717) is 28.8 Å². The van der Waals surface area contributed by atoms with Crippen LogP contribution in [0.25, 0.3) is 0 Å². The fourth-order valence-corrected chi connectivity index (χ4v) is 3.23. The molecule has 7 heteroatoms. The summed E-state index contributed by atoms with van der Waals surface area (Å²) in [4.78, 5) is 23.8. The highest BCUT2D eigenvalue weighted by Gasteiger charge is 2.22. The van der Waals surface area contributed by atoms with Crippen molar-refractivity contribution < 1.29 is 23.8 Å². The van der Waals surface area contributed by atoms with Gasteiger partial charge in [0.25, 0.3) is 5.91 Å². The summed E-state index contributed by atoms with van der Waals surface area (Å²) in [7, 11) is 1.32. The highest BCUT2D eigenvalue weighted by molar-refractivity contribution is 9.10. The van der Waals surface area contributed by atoms with Crippen molar-refractivity contribution in [2.75, 3.05) is 20.3 Å². The first kappa shape index (κ1) is 18.3. The maximum Gasteiger partial charge on any atom is 0.337 e. The number of benzene rings is 2. The van der Waals surface area contributed by atoms with E-state index in [1.807, 2.05) is 24.3 Å². The van der Waals surface area contributed by atoms with Gasteiger partial charge in [-0.05, 0) is 40.2 Å². The van der Waals surface area contributed by atoms with Crippen LogP contribution >= 0.6 is 15.9 Å². The number of carbonyl (C=O) groups excluding carboxylic acids is 2. The zero-order chi connectivity index (χ0) is 18.5. The topological polar surface area (TPSA) is 73.9 Å². The van der Waals surface area contributed by atoms with Crippen LogP contribution in [0, 0.1) is 0 Å². The number of hydrogen-bond acceptors (Lipinski definition) is 5. The van der Waals surface area contributed by atoms with Gasteiger partial charge in [0.05, 0.1) is 29.8 Å². The van der Waals surface area contributed by atoms with Gasteiger partial charge in [0, 0.05) is 12.0 Å². The molecule has 0 aromatic heterocycles. The Kier molecular flexibility index (Phi) is 5.78. The van der Waals surface area contributed by atoms with E-state index in [2.05, 4.69) is 26.0 Å². The molecule has 136 valence electrons. The molecule has 3 rings (SSSR count). The van der Waals surface area contributed by atoms with Gasteiger partial charge in [0.2, 0.25) is 0 Å². The molecule has 0 spiro atoms. The van der Waals surface area contributed by atoms with E-state index in [1.54, 1.807) is 18.2 Å². The second-order valence-electron chi connectivity index (χ2n) is 5.72. The molecule has 1 atom stereocenters. The molecule has 1 heterocycles. The SMILES string of the molecule is COC(=O)c1ccc(OCC(=O)NC2CCOc3ccccc32)c(Br)c1. The lowest BCUT2D eigenvalue weighted by Gasteiger charge is -2.26. The van der Waals surface area contributed by atoms with Gasteiger partial charge in [-0.15, -0.1) is 0 Å². The summed E-state index contributed by atoms with van der Waals surface area (Å²) in [6, 6.07) is 12.4. The first-order chi connectivity index (χ1) is 12.6. The Labute approximate surface area is 159 Å². The smallest absolute Gasteiger partial charge is 0.337 e. The molecular weight excluding hydrogens is 402 g/mol. The average molecular weight is 420 g/mol. The first-order valence-corrected chi connectivity index (χ1v) is 8.89. The molecule has 0 saturated heterocycles. The van der Waals surface area contributed by atoms with Gasteiger partial charge < -0.3 is 19.5 Å². The molecule has 2 aromatic rings. The van der Waals surface area contributed by atoms with Crippen LogP contribution in [0.2, 0.25) is 0 Å². The van der Waals surface area contributed by atoms with E-state index < -0.39 is 5.97 Å². The molecule has 0 radical (unpaired) electrons. The summed E-state index contributed by atoms with van der Waals surface area (Å²) in [5, 5.41) is 2.97. The first-order valence-electron chi connectivity index (χ1n) is 8.10. The van der Waals surface area contributed by atoms with E-state index >= 15 is 0 Å². The minimum absolute atomic E-state index is 0.0961. The zero-order valence-electron chi connectivity index (χ0n) is 14.2. The summed E-state index contributed by atoms with van der Waals surface area (Å²) in [6.07, 6.45) is 0.709. The number of esters is 1. The largest absolute Gasteiger partial charge is 0.493 e. The average Bonchev–Trinajstić information content (AvgIpc) is 2.66. The third kappa shape index (κ3) is 4.16. The lowest BCUT2D eigenvalue weighted by molar-refractivity contribution is -0.124. The van der Waals surface area contributed by atoms with Crippen LogP contribution in [0.4, 0.5) is 0 Å². The molecule has 2 aromatic carbocycles. The standard InChI is InChI=1S/C19H18BrNO5/c1-24-19(23)12-6-7-17(14(20)10-12)26-11-18(22)21-15-8-9-25-16-5-3-2-4-13(15)16/h2-7,10,15H,8-9,11H2,1H3,(H,21,22). The predicted octanol–water partition coefficient (Wildman–Crippen LogP) is 3.25. The number of halogens is 1. The van der Waals surface area contributed by atoms with E-state index in [0.717, 1.165) is 11.3 Å². The van der Waals surface area contributed by atoms with Gasteiger partial charge >= 0.3 is 5.97 Å². The number of hydrogen-bond donors (Lipinski definition) is 1. The molecule has 1 unspecified atom stereocenters. The Hall–Kier alpha value is -2.54. The lowest BCUT2D eigenvalue weighted by atomic mass is 10.0. The molecule has 1 amide bonds. The normalized spacial score (nSPS) is 15.4. The van der Waals surface area contributed by atoms with Gasteiger partial charge in [-0.3, -0.25) is 4.79 Å². The van der Waals surface area contributed by atoms with Crippen molar-refractivity contribution in [2.24, 2.45) is 0 Å². The van der Waals surface area contributed by atoms with Crippen LogP contribution in [-0.4, -0.2) is 32.2 Å². The summed E-state index contributed by atoms with van der Waals surface area (Å²) in [5.41, 5.74) is 1.37. The number of methoxy groups -OCH3 is 1. The maximum atomic E-state index is 12.3. The van der Waals surface area contributed by atoms with E-state index in [-0.39, 0.29) is 18.6 Å². The monoisotopic (exact) mass is 419 g/mol. The Balaban J connectivity index is 1.59. The fourth-order valence-electron chi connectivity index (χ4n) is 2.73. The minimum Gasteiger partial charge on any atom is -0.493 e. The van der Waals surface area contributed by atoms with Crippen LogP contribution in [0.3, 0.4) is 0 Å². The van der Waals surface area contributed by atoms with E-state index in [9.17, 15) is 9.59 Å². The van der Waals surface area contributed by atoms with E-state index in [4.69, 9.17) is 9.47 Å². The number of fused-ring (bicyclic) bond motifs is 1. The Morgan fingerprint density at radius 1 is 1.27 bits per heavy atom. The molecule has 1 aliphatic rings. The third-order valence-corrected chi connectivity index (χ3v) is 4.63. The van der Waals surface area contributed by atoms with Gasteiger partial charge in [0.1, 0.15) is 11.5 Å². The molecule has 26 heavy (non-hydrogen) atoms. The number of para-hydroxylation sites is 1. The fraction of sp³-hybridized carbons (Fsp3) is 0.263. The Morgan fingerprint density at radius 3 is 2.85 bits per heavy atom. The van der Waals surface area contributed by atoms with Crippen molar-refractivity contribution in [3.8, 4) is 11.5 Å². The number of amides is 1. The second kappa shape index (κ2) is 8.23. The molecular formula is C19H18BrNO5. The quantitative estimate of drug-likeness (QED) is 0.752. The molecule has 1 aliphatic heterocycles. The van der Waals surface area contributed by atoms with Crippen LogP contribution < -0.4 is 14.8 Å². The number of ether oxygens (including phenoxy) is 3. The highest BCUT2D eigenvalue weighted by Crippen LogP contribution is 2.31. The highest BCUT2D eigenvalue weighted by atomic mass is 79.9. The second-order valence-corrected chi connectivity index (χ2v) is 6.57. The zero-order valence-corrected chi connectivity index (χ0v) is 15.7. The van der Waals surface area contributed by atoms with Crippen LogP contribution in [0.1, 0.15) is 28.4 Å². The number of nitrogens with one attached hydrogen (secondary N) is 1. The molecule has 1 N–H and O–H groups in total. The third-order valence-electron chi connectivity index (χ3n) is 4.01. The molecule has 0 bridgehead atoms. The summed E-state index contributed by atoms with van der Waals surface area (Å²) in [5.74, 6) is 0.607. The van der Waals surface area contributed by atoms with Crippen molar-refractivity contribution in [2.45, 2.75) is 12.5 Å². The summed E-state index contributed by atoms with van der Waals surface area (Å²) >= 11 is 3.33. The summed E-state index contributed by atoms with van der Waals surface area (Å²) < 4.78 is 16.4.